The predicted molar refractivity (Wildman–Crippen MR) is 68.4 cm³/mol. The molecule has 0 saturated heterocycles. The van der Waals surface area contributed by atoms with Crippen molar-refractivity contribution in [2.24, 2.45) is 5.84 Å². The second-order valence-corrected chi connectivity index (χ2v) is 3.93. The number of hydrogen-bond acceptors (Lipinski definition) is 4. The maximum absolute atomic E-state index is 13.5. The van der Waals surface area contributed by atoms with Gasteiger partial charge in [0.2, 0.25) is 0 Å². The fourth-order valence-corrected chi connectivity index (χ4v) is 1.70. The smallest absolute Gasteiger partial charge is 0.143 e. The first-order valence-electron chi connectivity index (χ1n) is 5.79. The van der Waals surface area contributed by atoms with Crippen molar-refractivity contribution in [3.63, 3.8) is 0 Å². The highest BCUT2D eigenvalue weighted by Gasteiger charge is 2.07. The second kappa shape index (κ2) is 5.55. The molecule has 94 valence electrons. The van der Waals surface area contributed by atoms with E-state index in [2.05, 4.69) is 15.4 Å². The van der Waals surface area contributed by atoms with Crippen LogP contribution in [0.5, 0.6) is 0 Å². The number of nitrogens with zero attached hydrogens (tertiary/aromatic N) is 2. The van der Waals surface area contributed by atoms with E-state index in [4.69, 9.17) is 5.84 Å². The highest BCUT2D eigenvalue weighted by Crippen LogP contribution is 2.13. The van der Waals surface area contributed by atoms with Gasteiger partial charge in [-0.25, -0.2) is 20.2 Å². The van der Waals surface area contributed by atoms with Gasteiger partial charge in [0.05, 0.1) is 0 Å². The maximum Gasteiger partial charge on any atom is 0.143 e. The average molecular weight is 246 g/mol. The molecule has 5 heteroatoms. The average Bonchev–Trinajstić information content (AvgIpc) is 2.41. The largest absolute Gasteiger partial charge is 0.308 e. The van der Waals surface area contributed by atoms with Gasteiger partial charge in [-0.3, -0.25) is 0 Å². The molecule has 0 bridgehead atoms. The van der Waals surface area contributed by atoms with Gasteiger partial charge in [0.15, 0.2) is 0 Å². The van der Waals surface area contributed by atoms with Gasteiger partial charge >= 0.3 is 0 Å². The molecule has 1 aromatic carbocycles. The molecule has 0 unspecified atom stereocenters. The van der Waals surface area contributed by atoms with Crippen LogP contribution in [0.3, 0.4) is 0 Å². The number of hydrogen-bond donors (Lipinski definition) is 2. The van der Waals surface area contributed by atoms with E-state index in [1.807, 2.05) is 6.92 Å². The van der Waals surface area contributed by atoms with E-state index >= 15 is 0 Å². The third-order valence-corrected chi connectivity index (χ3v) is 2.64. The van der Waals surface area contributed by atoms with Crippen LogP contribution in [0.4, 0.5) is 10.2 Å². The van der Waals surface area contributed by atoms with Gasteiger partial charge in [0.25, 0.3) is 0 Å². The van der Waals surface area contributed by atoms with Gasteiger partial charge < -0.3 is 5.43 Å². The van der Waals surface area contributed by atoms with Crippen LogP contribution in [-0.4, -0.2) is 9.97 Å². The van der Waals surface area contributed by atoms with Crippen LogP contribution < -0.4 is 11.3 Å². The van der Waals surface area contributed by atoms with Crippen molar-refractivity contribution in [3.8, 4) is 0 Å². The van der Waals surface area contributed by atoms with Gasteiger partial charge in [-0.05, 0) is 18.1 Å². The maximum atomic E-state index is 13.5. The van der Waals surface area contributed by atoms with Crippen LogP contribution in [0, 0.1) is 5.82 Å². The van der Waals surface area contributed by atoms with E-state index < -0.39 is 0 Å². The van der Waals surface area contributed by atoms with E-state index in [-0.39, 0.29) is 5.82 Å². The number of halogens is 1. The summed E-state index contributed by atoms with van der Waals surface area (Å²) in [5.74, 6) is 6.22. The Morgan fingerprint density at radius 3 is 2.72 bits per heavy atom. The summed E-state index contributed by atoms with van der Waals surface area (Å²) in [5, 5.41) is 0. The normalized spacial score (nSPS) is 10.4. The molecule has 2 aromatic rings. The summed E-state index contributed by atoms with van der Waals surface area (Å²) in [5.41, 5.74) is 3.95. The summed E-state index contributed by atoms with van der Waals surface area (Å²) in [6, 6.07) is 8.40. The Balaban J connectivity index is 2.31. The lowest BCUT2D eigenvalue weighted by atomic mass is 10.1. The van der Waals surface area contributed by atoms with Crippen molar-refractivity contribution in [1.82, 2.24) is 9.97 Å². The molecule has 2 rings (SSSR count). The highest BCUT2D eigenvalue weighted by atomic mass is 19.1. The van der Waals surface area contributed by atoms with Crippen molar-refractivity contribution in [2.75, 3.05) is 5.43 Å². The zero-order valence-corrected chi connectivity index (χ0v) is 10.2. The number of nitrogens with one attached hydrogen (secondary N) is 1. The van der Waals surface area contributed by atoms with E-state index in [9.17, 15) is 4.39 Å². The number of nitrogen functional groups attached to an aromatic ring is 1. The lowest BCUT2D eigenvalue weighted by molar-refractivity contribution is 0.612. The number of hydrazine groups is 1. The van der Waals surface area contributed by atoms with E-state index in [0.717, 1.165) is 12.1 Å². The third-order valence-electron chi connectivity index (χ3n) is 2.64. The molecule has 0 aliphatic rings. The van der Waals surface area contributed by atoms with Crippen LogP contribution in [0.15, 0.2) is 30.3 Å². The molecule has 3 N–H and O–H groups in total. The molecule has 0 atom stereocenters. The van der Waals surface area contributed by atoms with Crippen LogP contribution >= 0.6 is 0 Å². The first kappa shape index (κ1) is 12.4. The van der Waals surface area contributed by atoms with Crippen molar-refractivity contribution in [2.45, 2.75) is 19.8 Å². The minimum Gasteiger partial charge on any atom is -0.308 e. The number of rotatable bonds is 4. The second-order valence-electron chi connectivity index (χ2n) is 3.93. The van der Waals surface area contributed by atoms with Crippen LogP contribution in [0.2, 0.25) is 0 Å². The van der Waals surface area contributed by atoms with E-state index in [1.165, 1.54) is 6.07 Å². The summed E-state index contributed by atoms with van der Waals surface area (Å²) < 4.78 is 13.5. The summed E-state index contributed by atoms with van der Waals surface area (Å²) >= 11 is 0. The monoisotopic (exact) mass is 246 g/mol. The minimum atomic E-state index is -0.245. The first-order valence-corrected chi connectivity index (χ1v) is 5.79. The number of benzene rings is 1. The van der Waals surface area contributed by atoms with Crippen LogP contribution in [0.1, 0.15) is 24.0 Å². The summed E-state index contributed by atoms with van der Waals surface area (Å²) in [7, 11) is 0. The lowest BCUT2D eigenvalue weighted by Gasteiger charge is -2.07. The van der Waals surface area contributed by atoms with Gasteiger partial charge in [-0.2, -0.15) is 0 Å². The van der Waals surface area contributed by atoms with Crippen LogP contribution in [-0.2, 0) is 12.8 Å². The van der Waals surface area contributed by atoms with E-state index in [1.54, 1.807) is 24.3 Å². The first-order chi connectivity index (χ1) is 8.72. The van der Waals surface area contributed by atoms with E-state index in [0.29, 0.717) is 23.6 Å². The molecule has 0 radical (unpaired) electrons. The Kier molecular flexibility index (Phi) is 3.84. The van der Waals surface area contributed by atoms with Gasteiger partial charge in [0.1, 0.15) is 17.5 Å². The minimum absolute atomic E-state index is 0.245. The molecular formula is C13H15FN4. The SMILES string of the molecule is CCc1cc(NN)nc(Cc2ccccc2F)n1. The third kappa shape index (κ3) is 2.81. The Morgan fingerprint density at radius 2 is 2.06 bits per heavy atom. The molecule has 1 heterocycles. The zero-order chi connectivity index (χ0) is 13.0. The zero-order valence-electron chi connectivity index (χ0n) is 10.2. The van der Waals surface area contributed by atoms with Gasteiger partial charge in [-0.15, -0.1) is 0 Å². The van der Waals surface area contributed by atoms with Crippen molar-refractivity contribution >= 4 is 5.82 Å². The molecule has 0 spiro atoms. The Hall–Kier alpha value is -2.01. The summed E-state index contributed by atoms with van der Waals surface area (Å²) in [6.07, 6.45) is 1.14. The molecule has 4 nitrogen and oxygen atoms in total. The molecule has 0 fully saturated rings. The summed E-state index contributed by atoms with van der Waals surface area (Å²) in [6.45, 7) is 2.00. The summed E-state index contributed by atoms with van der Waals surface area (Å²) in [4.78, 5) is 8.59. The number of anilines is 1. The Bertz CT molecular complexity index is 520. The molecule has 18 heavy (non-hydrogen) atoms. The molecule has 0 aliphatic heterocycles. The van der Waals surface area contributed by atoms with Crippen molar-refractivity contribution < 1.29 is 4.39 Å². The molecule has 0 saturated carbocycles. The standard InChI is InChI=1S/C13H15FN4/c1-2-10-8-13(18-15)17-12(16-10)7-9-5-3-4-6-11(9)14/h3-6,8H,2,7,15H2,1H3,(H,16,17,18). The van der Waals surface area contributed by atoms with Gasteiger partial charge in [0, 0.05) is 18.2 Å². The predicted octanol–water partition coefficient (Wildman–Crippen LogP) is 2.05. The topological polar surface area (TPSA) is 63.8 Å². The number of aromatic nitrogens is 2. The van der Waals surface area contributed by atoms with Crippen molar-refractivity contribution in [3.05, 3.63) is 53.2 Å². The molecule has 1 aromatic heterocycles. The fourth-order valence-electron chi connectivity index (χ4n) is 1.70. The quantitative estimate of drug-likeness (QED) is 0.640. The molecular weight excluding hydrogens is 231 g/mol. The Morgan fingerprint density at radius 1 is 1.28 bits per heavy atom. The highest BCUT2D eigenvalue weighted by molar-refractivity contribution is 5.35. The van der Waals surface area contributed by atoms with Crippen molar-refractivity contribution in [1.29, 1.82) is 0 Å². The fraction of sp³-hybridized carbons (Fsp3) is 0.231. The molecule has 0 aliphatic carbocycles. The number of nitrogens with two attached hydrogens (primary N) is 1. The number of aryl methyl sites for hydroxylation is 1. The molecule has 0 amide bonds. The Labute approximate surface area is 105 Å². The van der Waals surface area contributed by atoms with Crippen LogP contribution in [0.25, 0.3) is 0 Å². The lowest BCUT2D eigenvalue weighted by Crippen LogP contribution is -2.12. The van der Waals surface area contributed by atoms with Gasteiger partial charge in [-0.1, -0.05) is 25.1 Å².